The molecule has 0 saturated heterocycles. The molecule has 0 radical (unpaired) electrons. The van der Waals surface area contributed by atoms with Crippen molar-refractivity contribution >= 4 is 73.7 Å². The fourth-order valence-corrected chi connectivity index (χ4v) is 18.8. The zero-order valence-electron chi connectivity index (χ0n) is 38.5. The molecule has 0 amide bonds. The molecule has 1 aliphatic heterocycles. The highest BCUT2D eigenvalue weighted by Crippen LogP contribution is 2.54. The van der Waals surface area contributed by atoms with Crippen LogP contribution in [0.1, 0.15) is 38.9 Å². The molecule has 2 nitrogen and oxygen atoms in total. The molecule has 68 heavy (non-hydrogen) atoms. The summed E-state index contributed by atoms with van der Waals surface area (Å²) < 4.78 is 18.3. The van der Waals surface area contributed by atoms with Gasteiger partial charge in [0.25, 0.3) is 0 Å². The number of aryl methyl sites for hydroxylation is 3. The van der Waals surface area contributed by atoms with Gasteiger partial charge in [0.05, 0.1) is 22.1 Å². The van der Waals surface area contributed by atoms with Crippen LogP contribution in [0.5, 0.6) is 0 Å². The topological polar surface area (TPSA) is 22.0 Å². The van der Waals surface area contributed by atoms with Crippen molar-refractivity contribution < 1.29 is 4.57 Å². The summed E-state index contributed by atoms with van der Waals surface area (Å²) in [6, 6.07) is 91.1. The lowest BCUT2D eigenvalue weighted by Gasteiger charge is -2.42. The fraction of sp³-hybridized carbons (Fsp3) is 0.0625. The molecule has 1 aromatic heterocycles. The van der Waals surface area contributed by atoms with Gasteiger partial charge in [-0.05, 0) is 75.9 Å². The molecule has 1 atom stereocenters. The maximum atomic E-state index is 15.8. The molecular weight excluding hydrogens is 858 g/mol. The summed E-state index contributed by atoms with van der Waals surface area (Å²) in [4.78, 5) is 0. The Morgan fingerprint density at radius 1 is 0.368 bits per heavy atom. The van der Waals surface area contributed by atoms with E-state index in [9.17, 15) is 0 Å². The van der Waals surface area contributed by atoms with Gasteiger partial charge in [0.2, 0.25) is 0 Å². The SMILES string of the molecule is Cc1ccc([Si](c2ccc(C)cc2)(c2ccc(C)cc2)c2ccc(C3(c4ccc(P(=O)(c5ccccc5)c5ccccc5)cc4)c4ccccc4-n4c5ccccc5c5cccc3c54)cc2)cc1. The lowest BCUT2D eigenvalue weighted by molar-refractivity contribution is 0.592. The zero-order chi connectivity index (χ0) is 46.0. The van der Waals surface area contributed by atoms with E-state index in [-0.39, 0.29) is 0 Å². The standard InChI is InChI=1S/C64H50NOPSi/c1-45-25-37-53(38-26-45)68(54-39-27-46(2)28-40-54,55-41-29-47(3)30-42-55)56-43-33-49(34-44-56)64(48-31-35-52(36-32-48)67(66,50-15-6-4-7-16-50)51-17-8-5-9-18-51)59-21-11-13-24-62(59)65-61-23-12-10-19-57(61)58-20-14-22-60(64)63(58)65/h4-44H,1-3H3. The lowest BCUT2D eigenvalue weighted by Crippen LogP contribution is -2.74. The van der Waals surface area contributed by atoms with Crippen LogP contribution >= 0.6 is 7.14 Å². The van der Waals surface area contributed by atoms with Crippen LogP contribution in [0.2, 0.25) is 0 Å². The van der Waals surface area contributed by atoms with Crippen LogP contribution in [0.4, 0.5) is 0 Å². The van der Waals surface area contributed by atoms with Gasteiger partial charge in [0, 0.05) is 26.7 Å². The first-order valence-corrected chi connectivity index (χ1v) is 27.3. The number of para-hydroxylation sites is 3. The van der Waals surface area contributed by atoms with Crippen molar-refractivity contribution in [2.45, 2.75) is 26.2 Å². The Morgan fingerprint density at radius 3 is 1.29 bits per heavy atom. The highest BCUT2D eigenvalue weighted by atomic mass is 31.2. The van der Waals surface area contributed by atoms with E-state index in [0.29, 0.717) is 0 Å². The molecule has 0 N–H and O–H groups in total. The minimum absolute atomic E-state index is 0.747. The smallest absolute Gasteiger partial charge is 0.179 e. The van der Waals surface area contributed by atoms with Crippen LogP contribution in [-0.4, -0.2) is 12.6 Å². The van der Waals surface area contributed by atoms with Gasteiger partial charge in [-0.2, -0.15) is 0 Å². The van der Waals surface area contributed by atoms with Crippen LogP contribution in [0.25, 0.3) is 27.5 Å². The number of rotatable bonds is 9. The lowest BCUT2D eigenvalue weighted by atomic mass is 9.63. The molecule has 1 unspecified atom stereocenters. The third kappa shape index (κ3) is 6.20. The first kappa shape index (κ1) is 41.8. The third-order valence-corrected chi connectivity index (χ3v) is 22.6. The minimum atomic E-state index is -3.24. The van der Waals surface area contributed by atoms with E-state index >= 15 is 4.57 Å². The van der Waals surface area contributed by atoms with E-state index in [1.807, 2.05) is 60.7 Å². The van der Waals surface area contributed by atoms with E-state index in [0.717, 1.165) is 27.2 Å². The van der Waals surface area contributed by atoms with Crippen LogP contribution in [-0.2, 0) is 9.98 Å². The van der Waals surface area contributed by atoms with Crippen molar-refractivity contribution in [2.75, 3.05) is 0 Å². The monoisotopic (exact) mass is 907 g/mol. The van der Waals surface area contributed by atoms with E-state index < -0.39 is 20.6 Å². The Hall–Kier alpha value is -7.55. The number of nitrogens with zero attached hydrogens (tertiary/aromatic N) is 1. The van der Waals surface area contributed by atoms with Gasteiger partial charge >= 0.3 is 0 Å². The largest absolute Gasteiger partial charge is 0.309 e. The summed E-state index contributed by atoms with van der Waals surface area (Å²) in [6.45, 7) is 6.53. The summed E-state index contributed by atoms with van der Waals surface area (Å²) in [7, 11) is -6.11. The number of fused-ring (bicyclic) bond motifs is 5. The molecule has 0 spiro atoms. The Kier molecular flexibility index (Phi) is 10.1. The Balaban J connectivity index is 1.15. The Labute approximate surface area is 400 Å². The molecule has 0 bridgehead atoms. The number of benzene rings is 10. The molecule has 0 aliphatic carbocycles. The molecule has 0 fully saturated rings. The van der Waals surface area contributed by atoms with E-state index in [1.54, 1.807) is 0 Å². The highest BCUT2D eigenvalue weighted by Gasteiger charge is 2.47. The van der Waals surface area contributed by atoms with E-state index in [1.165, 1.54) is 75.9 Å². The maximum absolute atomic E-state index is 15.8. The van der Waals surface area contributed by atoms with E-state index in [2.05, 4.69) is 213 Å². The van der Waals surface area contributed by atoms with E-state index in [4.69, 9.17) is 0 Å². The first-order valence-electron chi connectivity index (χ1n) is 23.6. The van der Waals surface area contributed by atoms with Gasteiger partial charge in [0.1, 0.15) is 0 Å². The molecule has 0 saturated carbocycles. The summed E-state index contributed by atoms with van der Waals surface area (Å²) >= 11 is 0. The van der Waals surface area contributed by atoms with Crippen molar-refractivity contribution in [3.8, 4) is 5.69 Å². The van der Waals surface area contributed by atoms with Gasteiger partial charge in [-0.1, -0.05) is 253 Å². The normalized spacial score (nSPS) is 14.5. The van der Waals surface area contributed by atoms with Crippen molar-refractivity contribution in [3.63, 3.8) is 0 Å². The van der Waals surface area contributed by atoms with Crippen molar-refractivity contribution in [2.24, 2.45) is 0 Å². The molecule has 11 aromatic rings. The predicted molar refractivity (Wildman–Crippen MR) is 290 cm³/mol. The summed E-state index contributed by atoms with van der Waals surface area (Å²) in [5.74, 6) is 0. The Morgan fingerprint density at radius 2 is 0.765 bits per heavy atom. The average Bonchev–Trinajstić information content (AvgIpc) is 3.74. The quantitative estimate of drug-likeness (QED) is 0.0803. The van der Waals surface area contributed by atoms with Gasteiger partial charge in [-0.15, -0.1) is 0 Å². The van der Waals surface area contributed by atoms with Crippen LogP contribution in [0.15, 0.2) is 249 Å². The molecule has 4 heteroatoms. The average molecular weight is 908 g/mol. The second-order valence-electron chi connectivity index (χ2n) is 18.6. The fourth-order valence-electron chi connectivity index (χ4n) is 11.5. The zero-order valence-corrected chi connectivity index (χ0v) is 40.4. The molecule has 1 aliphatic rings. The van der Waals surface area contributed by atoms with Gasteiger partial charge in [-0.3, -0.25) is 0 Å². The summed E-state index contributed by atoms with van der Waals surface area (Å²) in [6.07, 6.45) is 0. The first-order chi connectivity index (χ1) is 33.3. The maximum Gasteiger partial charge on any atom is 0.179 e. The third-order valence-electron chi connectivity index (χ3n) is 14.8. The Bertz CT molecular complexity index is 3540. The molecule has 2 heterocycles. The van der Waals surface area contributed by atoms with Crippen LogP contribution in [0.3, 0.4) is 0 Å². The molecular formula is C64H50NOPSi. The van der Waals surface area contributed by atoms with Crippen LogP contribution in [0, 0.1) is 20.8 Å². The summed E-state index contributed by atoms with van der Waals surface area (Å²) in [5, 5.41) is 10.3. The minimum Gasteiger partial charge on any atom is -0.309 e. The molecule has 326 valence electrons. The van der Waals surface area contributed by atoms with Crippen LogP contribution < -0.4 is 36.7 Å². The second-order valence-corrected chi connectivity index (χ2v) is 25.2. The van der Waals surface area contributed by atoms with Gasteiger partial charge in [-0.25, -0.2) is 0 Å². The van der Waals surface area contributed by atoms with Crippen molar-refractivity contribution in [3.05, 3.63) is 288 Å². The van der Waals surface area contributed by atoms with Crippen molar-refractivity contribution in [1.29, 1.82) is 0 Å². The second kappa shape index (κ2) is 16.3. The predicted octanol–water partition coefficient (Wildman–Crippen LogP) is 11.4. The van der Waals surface area contributed by atoms with Gasteiger partial charge < -0.3 is 9.13 Å². The summed E-state index contributed by atoms with van der Waals surface area (Å²) in [5.41, 5.74) is 11.3. The van der Waals surface area contributed by atoms with Crippen molar-refractivity contribution in [1.82, 2.24) is 4.57 Å². The number of hydrogen-bond donors (Lipinski definition) is 0. The molecule has 10 aromatic carbocycles. The molecule has 12 rings (SSSR count). The number of aromatic nitrogens is 1. The highest BCUT2D eigenvalue weighted by molar-refractivity contribution is 7.85. The van der Waals surface area contributed by atoms with Gasteiger partial charge in [0.15, 0.2) is 15.2 Å². The number of hydrogen-bond acceptors (Lipinski definition) is 1.